The number of alkyl halides is 3. The van der Waals surface area contributed by atoms with Gasteiger partial charge in [-0.25, -0.2) is 4.98 Å². The van der Waals surface area contributed by atoms with Gasteiger partial charge in [-0.2, -0.15) is 18.3 Å². The van der Waals surface area contributed by atoms with Crippen LogP contribution in [0.15, 0.2) is 22.6 Å². The van der Waals surface area contributed by atoms with Crippen molar-refractivity contribution < 1.29 is 27.4 Å². The van der Waals surface area contributed by atoms with Crippen molar-refractivity contribution in [1.29, 1.82) is 0 Å². The summed E-state index contributed by atoms with van der Waals surface area (Å²) in [6.07, 6.45) is -3.23. The van der Waals surface area contributed by atoms with Crippen LogP contribution >= 0.6 is 11.3 Å². The molecule has 0 radical (unpaired) electrons. The number of halogens is 3. The van der Waals surface area contributed by atoms with E-state index >= 15 is 0 Å². The molecule has 0 bridgehead atoms. The summed E-state index contributed by atoms with van der Waals surface area (Å²) in [6, 6.07) is 2.50. The summed E-state index contributed by atoms with van der Waals surface area (Å²) in [4.78, 5) is 15.6. The van der Waals surface area contributed by atoms with E-state index < -0.39 is 11.7 Å². The van der Waals surface area contributed by atoms with Gasteiger partial charge in [0.05, 0.1) is 37.6 Å². The first-order valence-electron chi connectivity index (χ1n) is 7.89. The first kappa shape index (κ1) is 20.7. The van der Waals surface area contributed by atoms with Crippen molar-refractivity contribution in [3.05, 3.63) is 39.9 Å². The number of aryl methyl sites for hydroxylation is 1. The fourth-order valence-electron chi connectivity index (χ4n) is 2.32. The number of nitrogens with one attached hydrogen (secondary N) is 1. The van der Waals surface area contributed by atoms with Gasteiger partial charge in [0.25, 0.3) is 0 Å². The lowest BCUT2D eigenvalue weighted by atomic mass is 10.0. The molecule has 2 aromatic rings. The molecule has 0 saturated heterocycles. The van der Waals surface area contributed by atoms with Crippen molar-refractivity contribution in [3.63, 3.8) is 0 Å². The van der Waals surface area contributed by atoms with Gasteiger partial charge in [0, 0.05) is 5.38 Å². The number of carbonyl (C=O) groups excluding carboxylic acids is 1. The summed E-state index contributed by atoms with van der Waals surface area (Å²) in [6.45, 7) is 3.53. The molecule has 0 spiro atoms. The van der Waals surface area contributed by atoms with Crippen molar-refractivity contribution in [2.75, 3.05) is 19.1 Å². The highest BCUT2D eigenvalue weighted by Gasteiger charge is 2.35. The Kier molecular flexibility index (Phi) is 6.78. The number of esters is 1. The number of hydrogen-bond donors (Lipinski definition) is 1. The number of methoxy groups -OCH3 is 1. The Labute approximate surface area is 158 Å². The number of ether oxygens (including phenoxy) is 2. The summed E-state index contributed by atoms with van der Waals surface area (Å²) in [5.41, 5.74) is 2.91. The molecule has 0 amide bonds. The topological polar surface area (TPSA) is 72.8 Å². The zero-order valence-electron chi connectivity index (χ0n) is 14.9. The van der Waals surface area contributed by atoms with Crippen LogP contribution in [0.2, 0.25) is 0 Å². The molecule has 1 aromatic carbocycles. The Hall–Kier alpha value is -2.62. The van der Waals surface area contributed by atoms with Gasteiger partial charge in [-0.05, 0) is 37.1 Å². The maximum Gasteiger partial charge on any atom is 0.419 e. The zero-order chi connectivity index (χ0) is 20.0. The number of thiazole rings is 1. The lowest BCUT2D eigenvalue weighted by Crippen LogP contribution is -2.09. The number of nitrogens with zero attached hydrogens (tertiary/aromatic N) is 2. The lowest BCUT2D eigenvalue weighted by molar-refractivity contribution is -0.142. The second kappa shape index (κ2) is 8.85. The van der Waals surface area contributed by atoms with Gasteiger partial charge in [-0.1, -0.05) is 0 Å². The molecule has 146 valence electrons. The molecule has 1 aromatic heterocycles. The van der Waals surface area contributed by atoms with Gasteiger partial charge < -0.3 is 9.47 Å². The fourth-order valence-corrected chi connectivity index (χ4v) is 2.98. The largest absolute Gasteiger partial charge is 0.496 e. The molecule has 0 aliphatic heterocycles. The number of rotatable bonds is 7. The summed E-state index contributed by atoms with van der Waals surface area (Å²) in [5.74, 6) is -0.595. The highest BCUT2D eigenvalue weighted by atomic mass is 32.1. The van der Waals surface area contributed by atoms with Crippen LogP contribution in [0.4, 0.5) is 18.3 Å². The standard InChI is InChI=1S/C17H18F3N3O3S/c1-4-26-14(24)7-12-9-27-16(22-12)23-21-8-11-5-10(2)15(25-3)13(6-11)17(18,19)20/h5-6,8-9H,4,7H2,1-3H3,(H,22,23). The molecule has 0 saturated carbocycles. The summed E-state index contributed by atoms with van der Waals surface area (Å²) in [7, 11) is 1.20. The van der Waals surface area contributed by atoms with Crippen molar-refractivity contribution in [2.45, 2.75) is 26.4 Å². The van der Waals surface area contributed by atoms with E-state index in [-0.39, 0.29) is 23.7 Å². The molecule has 2 rings (SSSR count). The van der Waals surface area contributed by atoms with Crippen LogP contribution in [0.25, 0.3) is 0 Å². The van der Waals surface area contributed by atoms with Crippen molar-refractivity contribution in [3.8, 4) is 5.75 Å². The SMILES string of the molecule is CCOC(=O)Cc1csc(NN=Cc2cc(C)c(OC)c(C(F)(F)F)c2)n1. The molecule has 27 heavy (non-hydrogen) atoms. The van der Waals surface area contributed by atoms with Gasteiger partial charge in [-0.15, -0.1) is 11.3 Å². The summed E-state index contributed by atoms with van der Waals surface area (Å²) < 4.78 is 49.2. The highest BCUT2D eigenvalue weighted by molar-refractivity contribution is 7.13. The fraction of sp³-hybridized carbons (Fsp3) is 0.353. The number of hydrazone groups is 1. The van der Waals surface area contributed by atoms with E-state index in [2.05, 4.69) is 15.5 Å². The molecule has 0 aliphatic carbocycles. The molecule has 0 aliphatic rings. The van der Waals surface area contributed by atoms with Crippen LogP contribution in [0, 0.1) is 6.92 Å². The third-order valence-electron chi connectivity index (χ3n) is 3.36. The van der Waals surface area contributed by atoms with Crippen LogP contribution in [0.5, 0.6) is 5.75 Å². The van der Waals surface area contributed by atoms with Crippen LogP contribution in [0.3, 0.4) is 0 Å². The maximum atomic E-state index is 13.2. The van der Waals surface area contributed by atoms with E-state index in [1.807, 2.05) is 0 Å². The Morgan fingerprint density at radius 3 is 2.78 bits per heavy atom. The second-order valence-corrected chi connectivity index (χ2v) is 6.27. The molecule has 0 atom stereocenters. The van der Waals surface area contributed by atoms with Crippen LogP contribution in [-0.4, -0.2) is 30.9 Å². The third-order valence-corrected chi connectivity index (χ3v) is 4.16. The van der Waals surface area contributed by atoms with Crippen LogP contribution in [-0.2, 0) is 22.1 Å². The van der Waals surface area contributed by atoms with Crippen LogP contribution < -0.4 is 10.2 Å². The Morgan fingerprint density at radius 2 is 2.15 bits per heavy atom. The first-order chi connectivity index (χ1) is 12.7. The number of carbonyl (C=O) groups is 1. The lowest BCUT2D eigenvalue weighted by Gasteiger charge is -2.15. The predicted molar refractivity (Wildman–Crippen MR) is 96.4 cm³/mol. The zero-order valence-corrected chi connectivity index (χ0v) is 15.7. The maximum absolute atomic E-state index is 13.2. The summed E-state index contributed by atoms with van der Waals surface area (Å²) >= 11 is 1.22. The summed E-state index contributed by atoms with van der Waals surface area (Å²) in [5, 5.41) is 5.99. The molecule has 0 unspecified atom stereocenters. The molecular formula is C17H18F3N3O3S. The van der Waals surface area contributed by atoms with E-state index in [9.17, 15) is 18.0 Å². The Morgan fingerprint density at radius 1 is 1.41 bits per heavy atom. The monoisotopic (exact) mass is 401 g/mol. The molecule has 0 fully saturated rings. The Bertz CT molecular complexity index is 835. The van der Waals surface area contributed by atoms with Gasteiger partial charge >= 0.3 is 12.1 Å². The number of benzene rings is 1. The quantitative estimate of drug-likeness (QED) is 0.431. The number of anilines is 1. The van der Waals surface area contributed by atoms with Gasteiger partial charge in [0.1, 0.15) is 5.75 Å². The van der Waals surface area contributed by atoms with Crippen molar-refractivity contribution in [2.24, 2.45) is 5.10 Å². The Balaban J connectivity index is 2.09. The molecule has 6 nitrogen and oxygen atoms in total. The predicted octanol–water partition coefficient (Wildman–Crippen LogP) is 4.03. The average molecular weight is 401 g/mol. The minimum atomic E-state index is -4.54. The van der Waals surface area contributed by atoms with E-state index in [0.29, 0.717) is 23.0 Å². The van der Waals surface area contributed by atoms with E-state index in [1.165, 1.54) is 37.7 Å². The molecule has 1 heterocycles. The molecule has 10 heteroatoms. The molecular weight excluding hydrogens is 383 g/mol. The normalized spacial score (nSPS) is 11.6. The van der Waals surface area contributed by atoms with E-state index in [1.54, 1.807) is 12.3 Å². The number of aromatic nitrogens is 1. The minimum absolute atomic E-state index is 0.0440. The highest BCUT2D eigenvalue weighted by Crippen LogP contribution is 2.38. The van der Waals surface area contributed by atoms with Gasteiger partial charge in [-0.3, -0.25) is 10.2 Å². The third kappa shape index (κ3) is 5.68. The molecule has 1 N–H and O–H groups in total. The second-order valence-electron chi connectivity index (χ2n) is 5.41. The van der Waals surface area contributed by atoms with E-state index in [0.717, 1.165) is 6.07 Å². The van der Waals surface area contributed by atoms with E-state index in [4.69, 9.17) is 9.47 Å². The van der Waals surface area contributed by atoms with Crippen LogP contribution in [0.1, 0.15) is 29.3 Å². The first-order valence-corrected chi connectivity index (χ1v) is 8.77. The van der Waals surface area contributed by atoms with Crippen molar-refractivity contribution in [1.82, 2.24) is 4.98 Å². The van der Waals surface area contributed by atoms with Crippen molar-refractivity contribution >= 4 is 28.7 Å². The average Bonchev–Trinajstić information content (AvgIpc) is 3.01. The van der Waals surface area contributed by atoms with Gasteiger partial charge in [0.15, 0.2) is 0 Å². The number of hydrogen-bond acceptors (Lipinski definition) is 7. The minimum Gasteiger partial charge on any atom is -0.496 e. The smallest absolute Gasteiger partial charge is 0.419 e. The van der Waals surface area contributed by atoms with Gasteiger partial charge in [0.2, 0.25) is 5.13 Å².